The maximum absolute atomic E-state index is 12.7. The van der Waals surface area contributed by atoms with Crippen LogP contribution in [0.3, 0.4) is 0 Å². The minimum Gasteiger partial charge on any atom is -0.361 e. The van der Waals surface area contributed by atoms with Crippen molar-refractivity contribution in [2.24, 2.45) is 11.3 Å². The quantitative estimate of drug-likeness (QED) is 0.532. The van der Waals surface area contributed by atoms with Crippen molar-refractivity contribution in [2.75, 3.05) is 25.4 Å². The Bertz CT molecular complexity index is 1100. The van der Waals surface area contributed by atoms with Gasteiger partial charge in [-0.2, -0.15) is 0 Å². The summed E-state index contributed by atoms with van der Waals surface area (Å²) in [6, 6.07) is 18.3. The Morgan fingerprint density at radius 1 is 1.06 bits per heavy atom. The number of carbonyl (C=O) groups is 2. The van der Waals surface area contributed by atoms with Gasteiger partial charge in [0.15, 0.2) is 0 Å². The molecule has 32 heavy (non-hydrogen) atoms. The molecule has 1 atom stereocenters. The van der Waals surface area contributed by atoms with Crippen LogP contribution in [-0.4, -0.2) is 47.1 Å². The Morgan fingerprint density at radius 3 is 2.62 bits per heavy atom. The van der Waals surface area contributed by atoms with E-state index < -0.39 is 0 Å². The van der Waals surface area contributed by atoms with E-state index >= 15 is 0 Å². The lowest BCUT2D eigenvalue weighted by Crippen LogP contribution is -2.41. The third-order valence-corrected chi connectivity index (χ3v) is 8.09. The van der Waals surface area contributed by atoms with Gasteiger partial charge in [-0.25, -0.2) is 0 Å². The number of nitrogens with one attached hydrogen (secondary N) is 2. The van der Waals surface area contributed by atoms with Crippen molar-refractivity contribution in [3.8, 4) is 0 Å². The van der Waals surface area contributed by atoms with Gasteiger partial charge in [0.05, 0.1) is 5.75 Å². The van der Waals surface area contributed by atoms with E-state index in [0.29, 0.717) is 12.3 Å². The van der Waals surface area contributed by atoms with Crippen LogP contribution in [0.15, 0.2) is 65.7 Å². The molecule has 1 spiro atoms. The Balaban J connectivity index is 1.05. The lowest BCUT2D eigenvalue weighted by molar-refractivity contribution is -0.130. The summed E-state index contributed by atoms with van der Waals surface area (Å²) in [6.45, 7) is 2.20. The standard InChI is InChI=1S/C26H29N3O2S/c30-24(18-32-20-6-2-1-3-7-20)29-14-11-26(12-15-29)16-22(26)25(31)27-13-10-19-17-28-23-9-5-4-8-21(19)23/h1-9,17,22,28H,10-16,18H2,(H,27,31). The van der Waals surface area contributed by atoms with Crippen molar-refractivity contribution in [3.05, 3.63) is 66.4 Å². The predicted molar refractivity (Wildman–Crippen MR) is 129 cm³/mol. The molecule has 1 unspecified atom stereocenters. The molecule has 1 saturated carbocycles. The maximum Gasteiger partial charge on any atom is 0.232 e. The fraction of sp³-hybridized carbons (Fsp3) is 0.385. The first-order valence-electron chi connectivity index (χ1n) is 11.4. The number of amides is 2. The molecule has 1 aromatic heterocycles. The zero-order valence-corrected chi connectivity index (χ0v) is 19.0. The maximum atomic E-state index is 12.7. The fourth-order valence-electron chi connectivity index (χ4n) is 5.01. The van der Waals surface area contributed by atoms with Gasteiger partial charge in [0.2, 0.25) is 11.8 Å². The predicted octanol–water partition coefficient (Wildman–Crippen LogP) is 4.25. The summed E-state index contributed by atoms with van der Waals surface area (Å²) in [5.41, 5.74) is 2.50. The van der Waals surface area contributed by atoms with Crippen LogP contribution in [0.1, 0.15) is 24.8 Å². The van der Waals surface area contributed by atoms with E-state index in [9.17, 15) is 9.59 Å². The molecule has 6 heteroatoms. The molecule has 3 aromatic rings. The second-order valence-corrected chi connectivity index (χ2v) is 10.1. The van der Waals surface area contributed by atoms with Crippen LogP contribution in [0.4, 0.5) is 0 Å². The lowest BCUT2D eigenvalue weighted by Gasteiger charge is -2.32. The van der Waals surface area contributed by atoms with Crippen molar-refractivity contribution < 1.29 is 9.59 Å². The van der Waals surface area contributed by atoms with Gasteiger partial charge in [-0.05, 0) is 54.9 Å². The van der Waals surface area contributed by atoms with Gasteiger partial charge in [0.1, 0.15) is 0 Å². The van der Waals surface area contributed by atoms with Crippen molar-refractivity contribution in [1.29, 1.82) is 0 Å². The summed E-state index contributed by atoms with van der Waals surface area (Å²) in [6.07, 6.45) is 5.71. The van der Waals surface area contributed by atoms with Gasteiger partial charge in [-0.1, -0.05) is 36.4 Å². The van der Waals surface area contributed by atoms with Crippen molar-refractivity contribution >= 4 is 34.5 Å². The fourth-order valence-corrected chi connectivity index (χ4v) is 5.83. The zero-order valence-electron chi connectivity index (χ0n) is 18.2. The first-order valence-corrected chi connectivity index (χ1v) is 12.4. The van der Waals surface area contributed by atoms with E-state index in [1.54, 1.807) is 11.8 Å². The topological polar surface area (TPSA) is 65.2 Å². The van der Waals surface area contributed by atoms with E-state index in [-0.39, 0.29) is 23.1 Å². The highest BCUT2D eigenvalue weighted by molar-refractivity contribution is 8.00. The molecule has 1 saturated heterocycles. The summed E-state index contributed by atoms with van der Waals surface area (Å²) < 4.78 is 0. The van der Waals surface area contributed by atoms with Crippen LogP contribution in [-0.2, 0) is 16.0 Å². The highest BCUT2D eigenvalue weighted by Crippen LogP contribution is 2.59. The smallest absolute Gasteiger partial charge is 0.232 e. The van der Waals surface area contributed by atoms with E-state index in [4.69, 9.17) is 0 Å². The molecule has 1 aliphatic heterocycles. The Labute approximate surface area is 193 Å². The number of piperidine rings is 1. The molecule has 2 aliphatic rings. The molecule has 166 valence electrons. The van der Waals surface area contributed by atoms with Crippen LogP contribution < -0.4 is 5.32 Å². The number of hydrogen-bond donors (Lipinski definition) is 2. The number of thioether (sulfide) groups is 1. The van der Waals surface area contributed by atoms with Crippen LogP contribution in [0.25, 0.3) is 10.9 Å². The number of likely N-dealkylation sites (tertiary alicyclic amines) is 1. The van der Waals surface area contributed by atoms with E-state index in [0.717, 1.165) is 49.2 Å². The highest BCUT2D eigenvalue weighted by atomic mass is 32.2. The summed E-state index contributed by atoms with van der Waals surface area (Å²) in [7, 11) is 0. The van der Waals surface area contributed by atoms with E-state index in [2.05, 4.69) is 22.4 Å². The van der Waals surface area contributed by atoms with Crippen molar-refractivity contribution in [3.63, 3.8) is 0 Å². The van der Waals surface area contributed by atoms with Gasteiger partial charge in [-0.3, -0.25) is 9.59 Å². The van der Waals surface area contributed by atoms with Crippen LogP contribution in [0, 0.1) is 11.3 Å². The zero-order chi connectivity index (χ0) is 22.0. The number of benzene rings is 2. The minimum atomic E-state index is 0.112. The molecular formula is C26H29N3O2S. The molecule has 5 nitrogen and oxygen atoms in total. The van der Waals surface area contributed by atoms with Crippen LogP contribution in [0.2, 0.25) is 0 Å². The van der Waals surface area contributed by atoms with Crippen LogP contribution >= 0.6 is 11.8 Å². The molecule has 2 N–H and O–H groups in total. The summed E-state index contributed by atoms with van der Waals surface area (Å²) in [5, 5.41) is 4.38. The number of carbonyl (C=O) groups excluding carboxylic acids is 2. The number of H-pyrrole nitrogens is 1. The third-order valence-electron chi connectivity index (χ3n) is 7.09. The molecule has 1 aliphatic carbocycles. The molecule has 5 rings (SSSR count). The Morgan fingerprint density at radius 2 is 1.81 bits per heavy atom. The average Bonchev–Trinajstić information content (AvgIpc) is 3.38. The summed E-state index contributed by atoms with van der Waals surface area (Å²) in [5.74, 6) is 0.981. The Hall–Kier alpha value is -2.73. The van der Waals surface area contributed by atoms with E-state index in [1.165, 1.54) is 10.9 Å². The van der Waals surface area contributed by atoms with Crippen molar-refractivity contribution in [1.82, 2.24) is 15.2 Å². The molecular weight excluding hydrogens is 418 g/mol. The second-order valence-electron chi connectivity index (χ2n) is 9.00. The molecule has 2 heterocycles. The third kappa shape index (κ3) is 4.42. The highest BCUT2D eigenvalue weighted by Gasteiger charge is 2.58. The average molecular weight is 448 g/mol. The largest absolute Gasteiger partial charge is 0.361 e. The number of para-hydroxylation sites is 1. The lowest BCUT2D eigenvalue weighted by atomic mass is 9.90. The van der Waals surface area contributed by atoms with Gasteiger partial charge >= 0.3 is 0 Å². The first-order chi connectivity index (χ1) is 15.6. The summed E-state index contributed by atoms with van der Waals surface area (Å²) in [4.78, 5) is 31.7. The number of rotatable bonds is 7. The second kappa shape index (κ2) is 9.02. The van der Waals surface area contributed by atoms with Gasteiger partial charge < -0.3 is 15.2 Å². The van der Waals surface area contributed by atoms with Gasteiger partial charge in [0, 0.05) is 47.5 Å². The number of hydrogen-bond acceptors (Lipinski definition) is 3. The van der Waals surface area contributed by atoms with E-state index in [1.807, 2.05) is 53.6 Å². The summed E-state index contributed by atoms with van der Waals surface area (Å²) >= 11 is 1.59. The molecule has 0 bridgehead atoms. The van der Waals surface area contributed by atoms with Gasteiger partial charge in [-0.15, -0.1) is 11.8 Å². The van der Waals surface area contributed by atoms with Crippen molar-refractivity contribution in [2.45, 2.75) is 30.6 Å². The number of aromatic amines is 1. The molecule has 2 fully saturated rings. The Kier molecular flexibility index (Phi) is 5.96. The monoisotopic (exact) mass is 447 g/mol. The first kappa shape index (κ1) is 21.1. The number of nitrogens with zero attached hydrogens (tertiary/aromatic N) is 1. The normalized spacial score (nSPS) is 19.2. The van der Waals surface area contributed by atoms with Gasteiger partial charge in [0.25, 0.3) is 0 Å². The molecule has 2 aromatic carbocycles. The minimum absolute atomic E-state index is 0.112. The number of fused-ring (bicyclic) bond motifs is 1. The van der Waals surface area contributed by atoms with Crippen LogP contribution in [0.5, 0.6) is 0 Å². The molecule has 0 radical (unpaired) electrons. The SMILES string of the molecule is O=C(NCCc1c[nH]c2ccccc12)C1CC12CCN(C(=O)CSc1ccccc1)CC2. The molecule has 2 amide bonds. The number of aromatic nitrogens is 1.